The Kier molecular flexibility index (Phi) is 3.75. The highest BCUT2D eigenvalue weighted by Crippen LogP contribution is 2.32. The summed E-state index contributed by atoms with van der Waals surface area (Å²) >= 11 is 5.35. The zero-order valence-electron chi connectivity index (χ0n) is 10.6. The predicted molar refractivity (Wildman–Crippen MR) is 83.5 cm³/mol. The third-order valence-corrected chi connectivity index (χ3v) is 4.64. The van der Waals surface area contributed by atoms with Crippen molar-refractivity contribution < 1.29 is 0 Å². The van der Waals surface area contributed by atoms with Crippen LogP contribution in [0.1, 0.15) is 22.6 Å². The lowest BCUT2D eigenvalue weighted by Crippen LogP contribution is -2.06. The number of benzene rings is 1. The molecule has 1 aromatic heterocycles. The Morgan fingerprint density at radius 1 is 1.21 bits per heavy atom. The highest BCUT2D eigenvalue weighted by atomic mass is 79.9. The maximum atomic E-state index is 4.70. The second-order valence-corrected chi connectivity index (χ2v) is 6.36. The van der Waals surface area contributed by atoms with E-state index in [0.29, 0.717) is 0 Å². The van der Waals surface area contributed by atoms with Crippen LogP contribution in [0.2, 0.25) is 0 Å². The number of thioether (sulfide) groups is 1. The average Bonchev–Trinajstić information content (AvgIpc) is 2.89. The number of nitrogens with one attached hydrogen (secondary N) is 1. The molecule has 0 spiro atoms. The van der Waals surface area contributed by atoms with Gasteiger partial charge < -0.3 is 5.32 Å². The fraction of sp³-hybridized carbons (Fsp3) is 0.286. The number of hydrogen-bond acceptors (Lipinski definition) is 4. The lowest BCUT2D eigenvalue weighted by atomic mass is 10.1. The van der Waals surface area contributed by atoms with Gasteiger partial charge >= 0.3 is 0 Å². The molecular formula is C14H14BrN3S. The SMILES string of the molecule is CNc1nc(Cc2ccc(Br)cc2)nc2c1CSC2. The molecular weight excluding hydrogens is 322 g/mol. The molecule has 0 atom stereocenters. The van der Waals surface area contributed by atoms with E-state index < -0.39 is 0 Å². The molecule has 0 fully saturated rings. The van der Waals surface area contributed by atoms with Crippen molar-refractivity contribution >= 4 is 33.5 Å². The van der Waals surface area contributed by atoms with Gasteiger partial charge in [-0.1, -0.05) is 28.1 Å². The van der Waals surface area contributed by atoms with E-state index in [-0.39, 0.29) is 0 Å². The second kappa shape index (κ2) is 5.51. The standard InChI is InChI=1S/C14H14BrN3S/c1-16-14-11-7-19-8-12(11)17-13(18-14)6-9-2-4-10(15)5-3-9/h2-5H,6-8H2,1H3,(H,16,17,18). The molecule has 2 heterocycles. The molecule has 0 radical (unpaired) electrons. The van der Waals surface area contributed by atoms with Crippen molar-refractivity contribution in [2.24, 2.45) is 0 Å². The third-order valence-electron chi connectivity index (χ3n) is 3.14. The summed E-state index contributed by atoms with van der Waals surface area (Å²) < 4.78 is 1.10. The molecule has 1 aromatic carbocycles. The van der Waals surface area contributed by atoms with Crippen LogP contribution in [0.5, 0.6) is 0 Å². The van der Waals surface area contributed by atoms with E-state index in [2.05, 4.69) is 50.5 Å². The van der Waals surface area contributed by atoms with Crippen molar-refractivity contribution in [1.29, 1.82) is 0 Å². The summed E-state index contributed by atoms with van der Waals surface area (Å²) in [5, 5.41) is 3.19. The van der Waals surface area contributed by atoms with Crippen LogP contribution >= 0.6 is 27.7 Å². The van der Waals surface area contributed by atoms with E-state index in [1.165, 1.54) is 16.8 Å². The number of aromatic nitrogens is 2. The number of fused-ring (bicyclic) bond motifs is 1. The lowest BCUT2D eigenvalue weighted by Gasteiger charge is -2.09. The molecule has 19 heavy (non-hydrogen) atoms. The van der Waals surface area contributed by atoms with Crippen molar-refractivity contribution in [3.8, 4) is 0 Å². The Morgan fingerprint density at radius 3 is 2.74 bits per heavy atom. The van der Waals surface area contributed by atoms with Gasteiger partial charge in [-0.15, -0.1) is 0 Å². The highest BCUT2D eigenvalue weighted by molar-refractivity contribution is 9.10. The van der Waals surface area contributed by atoms with E-state index in [1.807, 2.05) is 18.8 Å². The first-order chi connectivity index (χ1) is 9.26. The summed E-state index contributed by atoms with van der Waals surface area (Å²) in [6.45, 7) is 0. The van der Waals surface area contributed by atoms with Crippen molar-refractivity contribution in [2.75, 3.05) is 12.4 Å². The summed E-state index contributed by atoms with van der Waals surface area (Å²) in [5.41, 5.74) is 3.69. The van der Waals surface area contributed by atoms with Gasteiger partial charge in [0.15, 0.2) is 0 Å². The van der Waals surface area contributed by atoms with E-state index in [4.69, 9.17) is 4.98 Å². The Balaban J connectivity index is 1.91. The minimum Gasteiger partial charge on any atom is -0.373 e. The molecule has 3 nitrogen and oxygen atoms in total. The average molecular weight is 336 g/mol. The molecule has 0 unspecified atom stereocenters. The second-order valence-electron chi connectivity index (χ2n) is 4.46. The van der Waals surface area contributed by atoms with Crippen LogP contribution in [-0.4, -0.2) is 17.0 Å². The molecule has 1 aliphatic rings. The van der Waals surface area contributed by atoms with E-state index in [9.17, 15) is 0 Å². The maximum Gasteiger partial charge on any atom is 0.135 e. The first-order valence-electron chi connectivity index (χ1n) is 6.15. The van der Waals surface area contributed by atoms with Crippen LogP contribution < -0.4 is 5.32 Å². The topological polar surface area (TPSA) is 37.8 Å². The van der Waals surface area contributed by atoms with E-state index in [0.717, 1.165) is 34.0 Å². The van der Waals surface area contributed by atoms with Crippen LogP contribution in [0.25, 0.3) is 0 Å². The first kappa shape index (κ1) is 12.9. The van der Waals surface area contributed by atoms with Crippen LogP contribution in [0, 0.1) is 0 Å². The summed E-state index contributed by atoms with van der Waals surface area (Å²) in [6.07, 6.45) is 0.778. The fourth-order valence-corrected chi connectivity index (χ4v) is 3.48. The Bertz CT molecular complexity index is 598. The number of halogens is 1. The molecule has 0 saturated heterocycles. The van der Waals surface area contributed by atoms with Gasteiger partial charge in [0.25, 0.3) is 0 Å². The summed E-state index contributed by atoms with van der Waals surface area (Å²) in [4.78, 5) is 9.33. The van der Waals surface area contributed by atoms with Crippen LogP contribution in [0.3, 0.4) is 0 Å². The molecule has 5 heteroatoms. The molecule has 3 rings (SSSR count). The Hall–Kier alpha value is -1.07. The van der Waals surface area contributed by atoms with Crippen LogP contribution in [-0.2, 0) is 17.9 Å². The smallest absolute Gasteiger partial charge is 0.135 e. The van der Waals surface area contributed by atoms with Gasteiger partial charge in [-0.25, -0.2) is 9.97 Å². The monoisotopic (exact) mass is 335 g/mol. The van der Waals surface area contributed by atoms with Gasteiger partial charge in [-0.2, -0.15) is 11.8 Å². The summed E-state index contributed by atoms with van der Waals surface area (Å²) in [7, 11) is 1.93. The maximum absolute atomic E-state index is 4.70. The molecule has 0 bridgehead atoms. The molecule has 1 aliphatic heterocycles. The zero-order chi connectivity index (χ0) is 13.2. The molecule has 0 saturated carbocycles. The number of rotatable bonds is 3. The minimum atomic E-state index is 0.778. The quantitative estimate of drug-likeness (QED) is 0.929. The van der Waals surface area contributed by atoms with Gasteiger partial charge in [0, 0.05) is 35.0 Å². The van der Waals surface area contributed by atoms with Crippen molar-refractivity contribution in [3.63, 3.8) is 0 Å². The first-order valence-corrected chi connectivity index (χ1v) is 8.09. The van der Waals surface area contributed by atoms with Gasteiger partial charge in [0.05, 0.1) is 5.69 Å². The summed E-state index contributed by atoms with van der Waals surface area (Å²) in [5.74, 6) is 3.90. The number of nitrogens with zero attached hydrogens (tertiary/aromatic N) is 2. The normalized spacial score (nSPS) is 13.4. The predicted octanol–water partition coefficient (Wildman–Crippen LogP) is 3.62. The fourth-order valence-electron chi connectivity index (χ4n) is 2.17. The molecule has 0 amide bonds. The summed E-state index contributed by atoms with van der Waals surface area (Å²) in [6, 6.07) is 8.32. The van der Waals surface area contributed by atoms with Crippen LogP contribution in [0.4, 0.5) is 5.82 Å². The number of hydrogen-bond donors (Lipinski definition) is 1. The molecule has 1 N–H and O–H groups in total. The Labute approximate surface area is 125 Å². The van der Waals surface area contributed by atoms with Crippen molar-refractivity contribution in [3.05, 3.63) is 51.4 Å². The van der Waals surface area contributed by atoms with Gasteiger partial charge in [0.1, 0.15) is 11.6 Å². The van der Waals surface area contributed by atoms with E-state index >= 15 is 0 Å². The van der Waals surface area contributed by atoms with Crippen molar-refractivity contribution in [1.82, 2.24) is 9.97 Å². The van der Waals surface area contributed by atoms with Crippen molar-refractivity contribution in [2.45, 2.75) is 17.9 Å². The Morgan fingerprint density at radius 2 is 2.00 bits per heavy atom. The van der Waals surface area contributed by atoms with Crippen LogP contribution in [0.15, 0.2) is 28.7 Å². The lowest BCUT2D eigenvalue weighted by molar-refractivity contribution is 0.930. The van der Waals surface area contributed by atoms with Gasteiger partial charge in [0.2, 0.25) is 0 Å². The van der Waals surface area contributed by atoms with Gasteiger partial charge in [-0.05, 0) is 17.7 Å². The molecule has 2 aromatic rings. The van der Waals surface area contributed by atoms with E-state index in [1.54, 1.807) is 0 Å². The molecule has 0 aliphatic carbocycles. The largest absolute Gasteiger partial charge is 0.373 e. The highest BCUT2D eigenvalue weighted by Gasteiger charge is 2.19. The number of anilines is 1. The third kappa shape index (κ3) is 2.77. The van der Waals surface area contributed by atoms with Gasteiger partial charge in [-0.3, -0.25) is 0 Å². The molecule has 98 valence electrons. The minimum absolute atomic E-state index is 0.778. The zero-order valence-corrected chi connectivity index (χ0v) is 13.0.